The summed E-state index contributed by atoms with van der Waals surface area (Å²) in [5.74, 6) is -0.947. The molecule has 0 radical (unpaired) electrons. The molecular formula is C14H9BrN2O2. The third-order valence-corrected chi connectivity index (χ3v) is 3.49. The normalized spacial score (nSPS) is 13.8. The van der Waals surface area contributed by atoms with E-state index in [1.165, 1.54) is 4.90 Å². The third kappa shape index (κ3) is 2.06. The Balaban J connectivity index is 2.00. The van der Waals surface area contributed by atoms with Gasteiger partial charge < -0.3 is 4.90 Å². The SMILES string of the molecule is O=C1C(=O)N(Cc2cccnc2)c2ccc(Br)cc21. The number of hydrogen-bond acceptors (Lipinski definition) is 3. The van der Waals surface area contributed by atoms with Crippen molar-refractivity contribution in [3.63, 3.8) is 0 Å². The zero-order valence-electron chi connectivity index (χ0n) is 9.84. The van der Waals surface area contributed by atoms with Crippen LogP contribution >= 0.6 is 15.9 Å². The Kier molecular flexibility index (Phi) is 2.91. The number of benzene rings is 1. The molecule has 0 spiro atoms. The predicted octanol–water partition coefficient (Wildman–Crippen LogP) is 2.57. The van der Waals surface area contributed by atoms with E-state index < -0.39 is 11.7 Å². The van der Waals surface area contributed by atoms with Gasteiger partial charge in [-0.3, -0.25) is 14.6 Å². The standard InChI is InChI=1S/C14H9BrN2O2/c15-10-3-4-12-11(6-10)13(18)14(19)17(12)8-9-2-1-5-16-7-9/h1-7H,8H2. The molecule has 0 saturated heterocycles. The number of aromatic nitrogens is 1. The summed E-state index contributed by atoms with van der Waals surface area (Å²) in [5.41, 5.74) is 1.99. The molecule has 0 fully saturated rings. The molecular weight excluding hydrogens is 308 g/mol. The van der Waals surface area contributed by atoms with Crippen molar-refractivity contribution in [2.45, 2.75) is 6.54 Å². The van der Waals surface area contributed by atoms with Crippen molar-refractivity contribution < 1.29 is 9.59 Å². The summed E-state index contributed by atoms with van der Waals surface area (Å²) < 4.78 is 0.788. The van der Waals surface area contributed by atoms with Gasteiger partial charge in [-0.15, -0.1) is 0 Å². The van der Waals surface area contributed by atoms with E-state index in [4.69, 9.17) is 0 Å². The molecule has 3 rings (SSSR count). The van der Waals surface area contributed by atoms with E-state index in [2.05, 4.69) is 20.9 Å². The first kappa shape index (κ1) is 12.0. The molecule has 0 bridgehead atoms. The minimum absolute atomic E-state index is 0.354. The highest BCUT2D eigenvalue weighted by Gasteiger charge is 2.35. The fourth-order valence-electron chi connectivity index (χ4n) is 2.10. The predicted molar refractivity (Wildman–Crippen MR) is 73.9 cm³/mol. The zero-order valence-corrected chi connectivity index (χ0v) is 11.4. The summed E-state index contributed by atoms with van der Waals surface area (Å²) in [4.78, 5) is 29.4. The number of nitrogens with zero attached hydrogens (tertiary/aromatic N) is 2. The number of anilines is 1. The van der Waals surface area contributed by atoms with E-state index in [-0.39, 0.29) is 0 Å². The number of carbonyl (C=O) groups excluding carboxylic acids is 2. The van der Waals surface area contributed by atoms with Crippen LogP contribution in [0.25, 0.3) is 0 Å². The smallest absolute Gasteiger partial charge is 0.299 e. The molecule has 1 aromatic carbocycles. The number of amides is 1. The van der Waals surface area contributed by atoms with Crippen LogP contribution in [0.15, 0.2) is 47.2 Å². The Morgan fingerprint density at radius 2 is 2.05 bits per heavy atom. The van der Waals surface area contributed by atoms with Crippen LogP contribution < -0.4 is 4.90 Å². The number of pyridine rings is 1. The second-order valence-corrected chi connectivity index (χ2v) is 5.16. The van der Waals surface area contributed by atoms with E-state index in [0.29, 0.717) is 17.8 Å². The molecule has 19 heavy (non-hydrogen) atoms. The monoisotopic (exact) mass is 316 g/mol. The molecule has 0 unspecified atom stereocenters. The lowest BCUT2D eigenvalue weighted by Crippen LogP contribution is -2.29. The number of fused-ring (bicyclic) bond motifs is 1. The van der Waals surface area contributed by atoms with Crippen LogP contribution in [-0.4, -0.2) is 16.7 Å². The molecule has 1 amide bonds. The molecule has 5 heteroatoms. The van der Waals surface area contributed by atoms with Crippen molar-refractivity contribution in [3.8, 4) is 0 Å². The Morgan fingerprint density at radius 3 is 2.79 bits per heavy atom. The molecule has 1 aliphatic heterocycles. The maximum atomic E-state index is 12.0. The molecule has 0 N–H and O–H groups in total. The van der Waals surface area contributed by atoms with Crippen molar-refractivity contribution in [2.24, 2.45) is 0 Å². The number of Topliss-reactive ketones (excluding diaryl/α,β-unsaturated/α-hetero) is 1. The molecule has 94 valence electrons. The van der Waals surface area contributed by atoms with Crippen LogP contribution in [0.4, 0.5) is 5.69 Å². The molecule has 2 heterocycles. The van der Waals surface area contributed by atoms with Crippen LogP contribution in [0.2, 0.25) is 0 Å². The van der Waals surface area contributed by atoms with Gasteiger partial charge in [-0.1, -0.05) is 22.0 Å². The van der Waals surface area contributed by atoms with Gasteiger partial charge in [0.1, 0.15) is 0 Å². The van der Waals surface area contributed by atoms with Crippen LogP contribution in [0, 0.1) is 0 Å². The largest absolute Gasteiger partial charge is 0.300 e. The Labute approximate surface area is 118 Å². The van der Waals surface area contributed by atoms with Crippen molar-refractivity contribution in [3.05, 3.63) is 58.3 Å². The summed E-state index contributed by atoms with van der Waals surface area (Å²) in [7, 11) is 0. The van der Waals surface area contributed by atoms with Crippen LogP contribution in [0.3, 0.4) is 0 Å². The minimum atomic E-state index is -0.489. The van der Waals surface area contributed by atoms with Gasteiger partial charge >= 0.3 is 0 Å². The molecule has 1 aromatic heterocycles. The first-order chi connectivity index (χ1) is 9.16. The lowest BCUT2D eigenvalue weighted by molar-refractivity contribution is -0.114. The Bertz CT molecular complexity index is 670. The average Bonchev–Trinajstić information content (AvgIpc) is 2.65. The van der Waals surface area contributed by atoms with E-state index in [1.54, 1.807) is 30.6 Å². The first-order valence-corrected chi connectivity index (χ1v) is 6.51. The maximum absolute atomic E-state index is 12.0. The van der Waals surface area contributed by atoms with Gasteiger partial charge in [0.05, 0.1) is 17.8 Å². The first-order valence-electron chi connectivity index (χ1n) is 5.71. The third-order valence-electron chi connectivity index (χ3n) is 3.00. The van der Waals surface area contributed by atoms with Gasteiger partial charge in [0.2, 0.25) is 0 Å². The van der Waals surface area contributed by atoms with Crippen LogP contribution in [0.1, 0.15) is 15.9 Å². The van der Waals surface area contributed by atoms with Gasteiger partial charge in [0.15, 0.2) is 0 Å². The highest BCUT2D eigenvalue weighted by molar-refractivity contribution is 9.10. The molecule has 0 atom stereocenters. The zero-order chi connectivity index (χ0) is 13.4. The van der Waals surface area contributed by atoms with Crippen molar-refractivity contribution >= 4 is 33.3 Å². The topological polar surface area (TPSA) is 50.3 Å². The van der Waals surface area contributed by atoms with Crippen LogP contribution in [-0.2, 0) is 11.3 Å². The highest BCUT2D eigenvalue weighted by Crippen LogP contribution is 2.32. The van der Waals surface area contributed by atoms with Gasteiger partial charge in [-0.25, -0.2) is 0 Å². The molecule has 0 saturated carbocycles. The van der Waals surface area contributed by atoms with Gasteiger partial charge in [-0.05, 0) is 29.8 Å². The molecule has 4 nitrogen and oxygen atoms in total. The molecule has 2 aromatic rings. The van der Waals surface area contributed by atoms with E-state index in [9.17, 15) is 9.59 Å². The number of carbonyl (C=O) groups is 2. The summed E-state index contributed by atoms with van der Waals surface area (Å²) in [6.07, 6.45) is 3.36. The Hall–Kier alpha value is -2.01. The van der Waals surface area contributed by atoms with E-state index in [1.807, 2.05) is 12.1 Å². The second-order valence-electron chi connectivity index (χ2n) is 4.24. The quantitative estimate of drug-likeness (QED) is 0.800. The Morgan fingerprint density at radius 1 is 1.21 bits per heavy atom. The maximum Gasteiger partial charge on any atom is 0.299 e. The molecule has 1 aliphatic rings. The summed E-state index contributed by atoms with van der Waals surface area (Å²) in [6, 6.07) is 8.96. The summed E-state index contributed by atoms with van der Waals surface area (Å²) in [6.45, 7) is 0.354. The number of rotatable bonds is 2. The van der Waals surface area contributed by atoms with Gasteiger partial charge in [-0.2, -0.15) is 0 Å². The van der Waals surface area contributed by atoms with Gasteiger partial charge in [0, 0.05) is 16.9 Å². The second kappa shape index (κ2) is 4.59. The highest BCUT2D eigenvalue weighted by atomic mass is 79.9. The minimum Gasteiger partial charge on any atom is -0.300 e. The lowest BCUT2D eigenvalue weighted by atomic mass is 10.1. The van der Waals surface area contributed by atoms with Crippen molar-refractivity contribution in [2.75, 3.05) is 4.90 Å². The average molecular weight is 317 g/mol. The van der Waals surface area contributed by atoms with Crippen molar-refractivity contribution in [1.29, 1.82) is 0 Å². The lowest BCUT2D eigenvalue weighted by Gasteiger charge is -2.16. The van der Waals surface area contributed by atoms with Crippen molar-refractivity contribution in [1.82, 2.24) is 4.98 Å². The number of halogens is 1. The fraction of sp³-hybridized carbons (Fsp3) is 0.0714. The van der Waals surface area contributed by atoms with E-state index >= 15 is 0 Å². The summed E-state index contributed by atoms with van der Waals surface area (Å²) in [5, 5.41) is 0. The number of hydrogen-bond donors (Lipinski definition) is 0. The molecule has 0 aliphatic carbocycles. The van der Waals surface area contributed by atoms with Gasteiger partial charge in [0.25, 0.3) is 11.7 Å². The van der Waals surface area contributed by atoms with Crippen LogP contribution in [0.5, 0.6) is 0 Å². The van der Waals surface area contributed by atoms with E-state index in [0.717, 1.165) is 10.0 Å². The summed E-state index contributed by atoms with van der Waals surface area (Å²) >= 11 is 3.31. The number of ketones is 1. The fourth-order valence-corrected chi connectivity index (χ4v) is 2.46.